The number of amides is 1. The quantitative estimate of drug-likeness (QED) is 0.886. The largest absolute Gasteiger partial charge is 0.352 e. The first-order valence-electron chi connectivity index (χ1n) is 6.97. The normalized spacial score (nSPS) is 18.1. The van der Waals surface area contributed by atoms with Crippen LogP contribution in [0, 0.1) is 0 Å². The summed E-state index contributed by atoms with van der Waals surface area (Å²) in [6.07, 6.45) is 2.01. The van der Waals surface area contributed by atoms with E-state index in [0.29, 0.717) is 0 Å². The molecule has 20 heavy (non-hydrogen) atoms. The van der Waals surface area contributed by atoms with Crippen LogP contribution in [0.4, 0.5) is 0 Å². The molecule has 0 bridgehead atoms. The van der Waals surface area contributed by atoms with Crippen molar-refractivity contribution in [2.75, 3.05) is 13.1 Å². The van der Waals surface area contributed by atoms with Crippen LogP contribution in [0.15, 0.2) is 30.3 Å². The third kappa shape index (κ3) is 5.12. The van der Waals surface area contributed by atoms with Gasteiger partial charge in [0.05, 0.1) is 6.04 Å². The molecule has 1 aromatic carbocycles. The molecule has 1 aliphatic heterocycles. The van der Waals surface area contributed by atoms with Crippen molar-refractivity contribution < 1.29 is 4.79 Å². The van der Waals surface area contributed by atoms with Gasteiger partial charge in [-0.15, -0.1) is 12.4 Å². The van der Waals surface area contributed by atoms with Crippen molar-refractivity contribution in [3.63, 3.8) is 0 Å². The van der Waals surface area contributed by atoms with E-state index in [2.05, 4.69) is 34.5 Å². The van der Waals surface area contributed by atoms with Gasteiger partial charge in [-0.25, -0.2) is 0 Å². The Morgan fingerprint density at radius 1 is 1.35 bits per heavy atom. The van der Waals surface area contributed by atoms with Gasteiger partial charge in [0.25, 0.3) is 0 Å². The molecule has 5 heteroatoms. The number of nitrogens with one attached hydrogen (secondary N) is 1. The summed E-state index contributed by atoms with van der Waals surface area (Å²) in [5, 5.41) is 3.01. The molecule has 0 aliphatic carbocycles. The molecule has 1 unspecified atom stereocenters. The molecule has 2 rings (SSSR count). The fourth-order valence-electron chi connectivity index (χ4n) is 2.41. The summed E-state index contributed by atoms with van der Waals surface area (Å²) < 4.78 is 0. The molecule has 3 N–H and O–H groups in total. The van der Waals surface area contributed by atoms with Gasteiger partial charge in [0.2, 0.25) is 5.91 Å². The maximum absolute atomic E-state index is 11.5. The number of carbonyl (C=O) groups is 1. The van der Waals surface area contributed by atoms with Gasteiger partial charge in [-0.3, -0.25) is 9.69 Å². The number of carbonyl (C=O) groups excluding carboxylic acids is 1. The second-order valence-electron chi connectivity index (χ2n) is 5.33. The van der Waals surface area contributed by atoms with Crippen molar-refractivity contribution in [2.24, 2.45) is 5.73 Å². The summed E-state index contributed by atoms with van der Waals surface area (Å²) >= 11 is 0. The number of benzene rings is 1. The van der Waals surface area contributed by atoms with Crippen LogP contribution >= 0.6 is 12.4 Å². The minimum absolute atomic E-state index is 0. The molecule has 0 saturated carbocycles. The minimum atomic E-state index is -0.414. The lowest BCUT2D eigenvalue weighted by Gasteiger charge is -2.32. The first kappa shape index (κ1) is 17.0. The Labute approximate surface area is 127 Å². The molecule has 4 nitrogen and oxygen atoms in total. The van der Waals surface area contributed by atoms with Crippen molar-refractivity contribution >= 4 is 18.3 Å². The molecule has 0 spiro atoms. The van der Waals surface area contributed by atoms with E-state index in [0.717, 1.165) is 32.5 Å². The van der Waals surface area contributed by atoms with E-state index >= 15 is 0 Å². The zero-order chi connectivity index (χ0) is 13.7. The zero-order valence-electron chi connectivity index (χ0n) is 11.9. The average molecular weight is 298 g/mol. The number of piperidine rings is 1. The number of rotatable bonds is 4. The second kappa shape index (κ2) is 8.25. The maximum Gasteiger partial charge on any atom is 0.236 e. The second-order valence-corrected chi connectivity index (χ2v) is 5.33. The van der Waals surface area contributed by atoms with Crippen LogP contribution in [0.5, 0.6) is 0 Å². The monoisotopic (exact) mass is 297 g/mol. The lowest BCUT2D eigenvalue weighted by Crippen LogP contribution is -2.48. The van der Waals surface area contributed by atoms with Gasteiger partial charge in [-0.2, -0.15) is 0 Å². The molecule has 112 valence electrons. The standard InChI is InChI=1S/C15H23N3O.ClH/c1-12(16)15(19)17-14-7-9-18(10-8-14)11-13-5-3-2-4-6-13;/h2-6,12,14H,7-11,16H2,1H3,(H,17,19);1H. The predicted molar refractivity (Wildman–Crippen MR) is 83.8 cm³/mol. The van der Waals surface area contributed by atoms with Gasteiger partial charge < -0.3 is 11.1 Å². The smallest absolute Gasteiger partial charge is 0.236 e. The Balaban J connectivity index is 0.00000200. The summed E-state index contributed by atoms with van der Waals surface area (Å²) in [4.78, 5) is 14.0. The van der Waals surface area contributed by atoms with Gasteiger partial charge in [0, 0.05) is 25.7 Å². The molecule has 1 saturated heterocycles. The van der Waals surface area contributed by atoms with E-state index in [9.17, 15) is 4.79 Å². The van der Waals surface area contributed by atoms with Gasteiger partial charge >= 0.3 is 0 Å². The lowest BCUT2D eigenvalue weighted by molar-refractivity contribution is -0.123. The summed E-state index contributed by atoms with van der Waals surface area (Å²) in [6.45, 7) is 4.77. The molecule has 1 atom stereocenters. The van der Waals surface area contributed by atoms with Crippen LogP contribution in [0.2, 0.25) is 0 Å². The van der Waals surface area contributed by atoms with Crippen LogP contribution in [-0.4, -0.2) is 36.0 Å². The number of halogens is 1. The highest BCUT2D eigenvalue weighted by atomic mass is 35.5. The molecule has 0 radical (unpaired) electrons. The van der Waals surface area contributed by atoms with Gasteiger partial charge in [0.1, 0.15) is 0 Å². The topological polar surface area (TPSA) is 58.4 Å². The number of nitrogens with two attached hydrogens (primary N) is 1. The van der Waals surface area contributed by atoms with Crippen LogP contribution in [0.3, 0.4) is 0 Å². The van der Waals surface area contributed by atoms with E-state index < -0.39 is 6.04 Å². The molecule has 1 aliphatic rings. The highest BCUT2D eigenvalue weighted by Crippen LogP contribution is 2.13. The number of hydrogen-bond donors (Lipinski definition) is 2. The van der Waals surface area contributed by atoms with E-state index in [4.69, 9.17) is 5.73 Å². The van der Waals surface area contributed by atoms with Crippen molar-refractivity contribution in [1.29, 1.82) is 0 Å². The molecule has 1 fully saturated rings. The Bertz CT molecular complexity index is 403. The first-order valence-corrected chi connectivity index (χ1v) is 6.97. The summed E-state index contributed by atoms with van der Waals surface area (Å²) in [5.74, 6) is -0.0403. The fourth-order valence-corrected chi connectivity index (χ4v) is 2.41. The van der Waals surface area contributed by atoms with Crippen molar-refractivity contribution in [3.8, 4) is 0 Å². The van der Waals surface area contributed by atoms with Crippen molar-refractivity contribution in [2.45, 2.75) is 38.4 Å². The molecule has 1 heterocycles. The third-order valence-electron chi connectivity index (χ3n) is 3.60. The van der Waals surface area contributed by atoms with Gasteiger partial charge in [-0.05, 0) is 25.3 Å². The fraction of sp³-hybridized carbons (Fsp3) is 0.533. The van der Waals surface area contributed by atoms with Crippen LogP contribution in [0.1, 0.15) is 25.3 Å². The van der Waals surface area contributed by atoms with E-state index in [1.807, 2.05) is 6.07 Å². The number of hydrogen-bond acceptors (Lipinski definition) is 3. The summed E-state index contributed by atoms with van der Waals surface area (Å²) in [7, 11) is 0. The van der Waals surface area contributed by atoms with E-state index in [1.165, 1.54) is 5.56 Å². The highest BCUT2D eigenvalue weighted by molar-refractivity contribution is 5.85. The predicted octanol–water partition coefficient (Wildman–Crippen LogP) is 1.54. The van der Waals surface area contributed by atoms with Crippen molar-refractivity contribution in [3.05, 3.63) is 35.9 Å². The SMILES string of the molecule is CC(N)C(=O)NC1CCN(Cc2ccccc2)CC1.Cl. The molecule has 1 aromatic rings. The van der Waals surface area contributed by atoms with Gasteiger partial charge in [-0.1, -0.05) is 30.3 Å². The highest BCUT2D eigenvalue weighted by Gasteiger charge is 2.21. The van der Waals surface area contributed by atoms with E-state index in [-0.39, 0.29) is 24.4 Å². The number of likely N-dealkylation sites (tertiary alicyclic amines) is 1. The van der Waals surface area contributed by atoms with E-state index in [1.54, 1.807) is 6.92 Å². The average Bonchev–Trinajstić information content (AvgIpc) is 2.42. The summed E-state index contributed by atoms with van der Waals surface area (Å²) in [6, 6.07) is 10.4. The lowest BCUT2D eigenvalue weighted by atomic mass is 10.0. The van der Waals surface area contributed by atoms with Crippen LogP contribution in [-0.2, 0) is 11.3 Å². The molecular weight excluding hydrogens is 274 g/mol. The minimum Gasteiger partial charge on any atom is -0.352 e. The molecular formula is C15H24ClN3O. The number of nitrogens with zero attached hydrogens (tertiary/aromatic N) is 1. The third-order valence-corrected chi connectivity index (χ3v) is 3.60. The Kier molecular flexibility index (Phi) is 6.99. The Morgan fingerprint density at radius 2 is 1.95 bits per heavy atom. The first-order chi connectivity index (χ1) is 9.15. The Hall–Kier alpha value is -1.10. The molecule has 1 amide bonds. The maximum atomic E-state index is 11.5. The van der Waals surface area contributed by atoms with Crippen LogP contribution in [0.25, 0.3) is 0 Å². The molecule has 0 aromatic heterocycles. The Morgan fingerprint density at radius 3 is 2.50 bits per heavy atom. The van der Waals surface area contributed by atoms with Gasteiger partial charge in [0.15, 0.2) is 0 Å². The summed E-state index contributed by atoms with van der Waals surface area (Å²) in [5.41, 5.74) is 6.91. The van der Waals surface area contributed by atoms with Crippen molar-refractivity contribution in [1.82, 2.24) is 10.2 Å². The zero-order valence-corrected chi connectivity index (χ0v) is 12.7. The van der Waals surface area contributed by atoms with Crippen LogP contribution < -0.4 is 11.1 Å².